The van der Waals surface area contributed by atoms with Crippen LogP contribution in [0, 0.1) is 6.92 Å². The number of aromatic nitrogens is 1. The molecule has 9 heteroatoms. The SMILES string of the molecule is COc1ccc(N(C)S(=O)(=O)c2cccc(C(=O)Nc3ccc4nc(C)oc4c3)c2)cc1. The molecule has 32 heavy (non-hydrogen) atoms. The van der Waals surface area contributed by atoms with Gasteiger partial charge in [0.2, 0.25) is 0 Å². The van der Waals surface area contributed by atoms with E-state index in [1.165, 1.54) is 32.4 Å². The molecule has 4 rings (SSSR count). The number of hydrogen-bond donors (Lipinski definition) is 1. The van der Waals surface area contributed by atoms with E-state index in [0.29, 0.717) is 34.1 Å². The Bertz CT molecular complexity index is 1390. The minimum Gasteiger partial charge on any atom is -0.497 e. The standard InChI is InChI=1S/C23H21N3O5S/c1-15-24-21-12-7-17(14-22(21)31-15)25-23(27)16-5-4-6-20(13-16)32(28,29)26(2)18-8-10-19(30-3)11-9-18/h4-14H,1-3H3,(H,25,27). The monoisotopic (exact) mass is 451 g/mol. The van der Waals surface area contributed by atoms with Crippen molar-refractivity contribution in [3.8, 4) is 5.75 Å². The summed E-state index contributed by atoms with van der Waals surface area (Å²) in [4.78, 5) is 17.0. The molecule has 1 amide bonds. The number of carbonyl (C=O) groups excluding carboxylic acids is 1. The van der Waals surface area contributed by atoms with Gasteiger partial charge in [0, 0.05) is 31.3 Å². The minimum atomic E-state index is -3.88. The number of sulfonamides is 1. The van der Waals surface area contributed by atoms with Crippen molar-refractivity contribution in [2.24, 2.45) is 0 Å². The number of carbonyl (C=O) groups is 1. The Labute approximate surface area is 185 Å². The number of amides is 1. The Kier molecular flexibility index (Phi) is 5.58. The topological polar surface area (TPSA) is 102 Å². The van der Waals surface area contributed by atoms with E-state index in [1.807, 2.05) is 0 Å². The van der Waals surface area contributed by atoms with Gasteiger partial charge < -0.3 is 14.5 Å². The molecular weight excluding hydrogens is 430 g/mol. The molecule has 0 aliphatic rings. The molecule has 0 radical (unpaired) electrons. The number of oxazole rings is 1. The molecule has 8 nitrogen and oxygen atoms in total. The largest absolute Gasteiger partial charge is 0.497 e. The van der Waals surface area contributed by atoms with Crippen molar-refractivity contribution >= 4 is 38.4 Å². The normalized spacial score (nSPS) is 11.3. The summed E-state index contributed by atoms with van der Waals surface area (Å²) in [6.45, 7) is 1.74. The van der Waals surface area contributed by atoms with Gasteiger partial charge in [0.25, 0.3) is 15.9 Å². The van der Waals surface area contributed by atoms with Crippen molar-refractivity contribution < 1.29 is 22.4 Å². The van der Waals surface area contributed by atoms with Crippen LogP contribution in [0.4, 0.5) is 11.4 Å². The van der Waals surface area contributed by atoms with Gasteiger partial charge in [0.15, 0.2) is 11.5 Å². The van der Waals surface area contributed by atoms with Crippen LogP contribution in [0.25, 0.3) is 11.1 Å². The molecule has 1 heterocycles. The Morgan fingerprint density at radius 1 is 1.06 bits per heavy atom. The summed E-state index contributed by atoms with van der Waals surface area (Å²) in [5.74, 6) is 0.712. The number of benzene rings is 3. The van der Waals surface area contributed by atoms with Crippen LogP contribution in [-0.4, -0.2) is 33.5 Å². The Morgan fingerprint density at radius 2 is 1.81 bits per heavy atom. The average Bonchev–Trinajstić information content (AvgIpc) is 3.18. The van der Waals surface area contributed by atoms with Gasteiger partial charge in [-0.2, -0.15) is 0 Å². The first-order valence-corrected chi connectivity index (χ1v) is 11.1. The Morgan fingerprint density at radius 3 is 2.53 bits per heavy atom. The van der Waals surface area contributed by atoms with Crippen molar-refractivity contribution in [3.63, 3.8) is 0 Å². The maximum Gasteiger partial charge on any atom is 0.264 e. The van der Waals surface area contributed by atoms with E-state index in [2.05, 4.69) is 10.3 Å². The van der Waals surface area contributed by atoms with Crippen molar-refractivity contribution in [1.82, 2.24) is 4.98 Å². The number of ether oxygens (including phenoxy) is 1. The van der Waals surface area contributed by atoms with E-state index in [0.717, 1.165) is 4.31 Å². The van der Waals surface area contributed by atoms with Gasteiger partial charge in [-0.25, -0.2) is 13.4 Å². The third-order valence-corrected chi connectivity index (χ3v) is 6.73. The molecule has 0 spiro atoms. The van der Waals surface area contributed by atoms with E-state index < -0.39 is 15.9 Å². The Balaban J connectivity index is 1.57. The van der Waals surface area contributed by atoms with Gasteiger partial charge in [-0.05, 0) is 54.6 Å². The summed E-state index contributed by atoms with van der Waals surface area (Å²) in [5, 5.41) is 2.76. The van der Waals surface area contributed by atoms with Crippen molar-refractivity contribution in [2.45, 2.75) is 11.8 Å². The van der Waals surface area contributed by atoms with E-state index in [-0.39, 0.29) is 10.5 Å². The maximum atomic E-state index is 13.1. The summed E-state index contributed by atoms with van der Waals surface area (Å²) in [6.07, 6.45) is 0. The van der Waals surface area contributed by atoms with E-state index in [9.17, 15) is 13.2 Å². The number of hydrogen-bond acceptors (Lipinski definition) is 6. The van der Waals surface area contributed by atoms with Gasteiger partial charge in [0.1, 0.15) is 11.3 Å². The number of fused-ring (bicyclic) bond motifs is 1. The minimum absolute atomic E-state index is 0.00443. The molecule has 0 aliphatic carbocycles. The summed E-state index contributed by atoms with van der Waals surface area (Å²) < 4.78 is 38.0. The number of anilines is 2. The summed E-state index contributed by atoms with van der Waals surface area (Å²) in [5.41, 5.74) is 2.44. The number of methoxy groups -OCH3 is 1. The fourth-order valence-electron chi connectivity index (χ4n) is 3.21. The second kappa shape index (κ2) is 8.35. The lowest BCUT2D eigenvalue weighted by molar-refractivity contribution is 0.102. The highest BCUT2D eigenvalue weighted by Gasteiger charge is 2.22. The van der Waals surface area contributed by atoms with Crippen molar-refractivity contribution in [3.05, 3.63) is 78.2 Å². The third-order valence-electron chi connectivity index (χ3n) is 4.94. The van der Waals surface area contributed by atoms with Gasteiger partial charge >= 0.3 is 0 Å². The maximum absolute atomic E-state index is 13.1. The lowest BCUT2D eigenvalue weighted by Crippen LogP contribution is -2.26. The molecule has 0 aliphatic heterocycles. The molecule has 0 saturated heterocycles. The van der Waals surface area contributed by atoms with Crippen LogP contribution < -0.4 is 14.4 Å². The van der Waals surface area contributed by atoms with Gasteiger partial charge in [0.05, 0.1) is 17.7 Å². The lowest BCUT2D eigenvalue weighted by atomic mass is 10.2. The highest BCUT2D eigenvalue weighted by molar-refractivity contribution is 7.92. The average molecular weight is 452 g/mol. The first kappa shape index (κ1) is 21.4. The molecule has 164 valence electrons. The molecule has 0 fully saturated rings. The number of rotatable bonds is 6. The molecule has 0 atom stereocenters. The fourth-order valence-corrected chi connectivity index (χ4v) is 4.45. The van der Waals surface area contributed by atoms with E-state index in [4.69, 9.17) is 9.15 Å². The van der Waals surface area contributed by atoms with Crippen LogP contribution in [0.3, 0.4) is 0 Å². The predicted molar refractivity (Wildman–Crippen MR) is 122 cm³/mol. The summed E-state index contributed by atoms with van der Waals surface area (Å²) in [7, 11) is -0.882. The van der Waals surface area contributed by atoms with Crippen LogP contribution in [-0.2, 0) is 10.0 Å². The van der Waals surface area contributed by atoms with Crippen LogP contribution in [0.15, 0.2) is 76.0 Å². The smallest absolute Gasteiger partial charge is 0.264 e. The predicted octanol–water partition coefficient (Wildman–Crippen LogP) is 4.22. The van der Waals surface area contributed by atoms with Gasteiger partial charge in [-0.1, -0.05) is 6.07 Å². The second-order valence-electron chi connectivity index (χ2n) is 7.07. The zero-order valence-corrected chi connectivity index (χ0v) is 18.5. The first-order chi connectivity index (χ1) is 15.3. The van der Waals surface area contributed by atoms with Crippen LogP contribution in [0.2, 0.25) is 0 Å². The lowest BCUT2D eigenvalue weighted by Gasteiger charge is -2.20. The molecule has 0 bridgehead atoms. The zero-order chi connectivity index (χ0) is 22.9. The molecule has 0 saturated carbocycles. The van der Waals surface area contributed by atoms with Crippen LogP contribution in [0.1, 0.15) is 16.2 Å². The van der Waals surface area contributed by atoms with E-state index >= 15 is 0 Å². The first-order valence-electron chi connectivity index (χ1n) is 9.69. The van der Waals surface area contributed by atoms with Crippen molar-refractivity contribution in [1.29, 1.82) is 0 Å². The van der Waals surface area contributed by atoms with E-state index in [1.54, 1.807) is 55.5 Å². The number of aryl methyl sites for hydroxylation is 1. The van der Waals surface area contributed by atoms with Crippen molar-refractivity contribution in [2.75, 3.05) is 23.8 Å². The highest BCUT2D eigenvalue weighted by atomic mass is 32.2. The second-order valence-corrected chi connectivity index (χ2v) is 9.04. The van der Waals surface area contributed by atoms with Gasteiger partial charge in [-0.15, -0.1) is 0 Å². The quantitative estimate of drug-likeness (QED) is 0.471. The molecular formula is C23H21N3O5S. The number of nitrogens with zero attached hydrogens (tertiary/aromatic N) is 2. The molecule has 4 aromatic rings. The number of nitrogens with one attached hydrogen (secondary N) is 1. The third kappa shape index (κ3) is 4.15. The summed E-state index contributed by atoms with van der Waals surface area (Å²) >= 11 is 0. The fraction of sp³-hybridized carbons (Fsp3) is 0.130. The van der Waals surface area contributed by atoms with Crippen LogP contribution >= 0.6 is 0 Å². The van der Waals surface area contributed by atoms with Crippen LogP contribution in [0.5, 0.6) is 5.75 Å². The molecule has 1 aromatic heterocycles. The highest BCUT2D eigenvalue weighted by Crippen LogP contribution is 2.25. The Hall–Kier alpha value is -3.85. The molecule has 1 N–H and O–H groups in total. The molecule has 3 aromatic carbocycles. The summed E-state index contributed by atoms with van der Waals surface area (Å²) in [6, 6.07) is 17.7. The van der Waals surface area contributed by atoms with Gasteiger partial charge in [-0.3, -0.25) is 9.10 Å². The zero-order valence-electron chi connectivity index (χ0n) is 17.7. The molecule has 0 unspecified atom stereocenters.